The number of halogens is 1. The Morgan fingerprint density at radius 1 is 1.61 bits per heavy atom. The summed E-state index contributed by atoms with van der Waals surface area (Å²) >= 11 is 3.14. The third kappa shape index (κ3) is 3.67. The first-order valence-electron chi connectivity index (χ1n) is 5.10. The molecule has 0 saturated heterocycles. The maximum Gasteiger partial charge on any atom is 0.274 e. The Kier molecular flexibility index (Phi) is 5.05. The fourth-order valence-corrected chi connectivity index (χ4v) is 1.76. The molecule has 1 unspecified atom stereocenters. The Labute approximate surface area is 112 Å². The van der Waals surface area contributed by atoms with Crippen molar-refractivity contribution < 1.29 is 14.5 Å². The lowest BCUT2D eigenvalue weighted by molar-refractivity contribution is -0.385. The molecule has 0 bridgehead atoms. The molecule has 8 heteroatoms. The topological polar surface area (TPSA) is 107 Å². The molecule has 0 aliphatic heterocycles. The van der Waals surface area contributed by atoms with Gasteiger partial charge in [-0.1, -0.05) is 22.9 Å². The van der Waals surface area contributed by atoms with Crippen LogP contribution < -0.4 is 16.0 Å². The van der Waals surface area contributed by atoms with Crippen LogP contribution in [0.4, 0.5) is 5.69 Å². The van der Waals surface area contributed by atoms with Crippen molar-refractivity contribution in [1.29, 1.82) is 0 Å². The van der Waals surface area contributed by atoms with E-state index < -0.39 is 16.9 Å². The van der Waals surface area contributed by atoms with Crippen LogP contribution in [-0.2, 0) is 4.79 Å². The molecule has 0 radical (unpaired) electrons. The third-order valence-electron chi connectivity index (χ3n) is 2.15. The van der Waals surface area contributed by atoms with Gasteiger partial charge in [0, 0.05) is 10.5 Å². The molecule has 18 heavy (non-hydrogen) atoms. The van der Waals surface area contributed by atoms with Crippen molar-refractivity contribution in [2.75, 3.05) is 0 Å². The lowest BCUT2D eigenvalue weighted by atomic mass is 10.2. The van der Waals surface area contributed by atoms with Crippen LogP contribution in [-0.4, -0.2) is 16.9 Å². The fourth-order valence-electron chi connectivity index (χ4n) is 1.30. The monoisotopic (exact) mass is 317 g/mol. The highest BCUT2D eigenvalue weighted by Gasteiger charge is 2.19. The molecular formula is C10H12BrN3O4. The molecule has 0 aromatic heterocycles. The van der Waals surface area contributed by atoms with Gasteiger partial charge in [-0.2, -0.15) is 0 Å². The van der Waals surface area contributed by atoms with Crippen LogP contribution in [0.3, 0.4) is 0 Å². The second kappa shape index (κ2) is 6.31. The van der Waals surface area contributed by atoms with Crippen LogP contribution in [0.2, 0.25) is 0 Å². The number of ether oxygens (including phenoxy) is 1. The Hall–Kier alpha value is -1.67. The lowest BCUT2D eigenvalue weighted by Crippen LogP contribution is -2.41. The smallest absolute Gasteiger partial charge is 0.274 e. The zero-order valence-corrected chi connectivity index (χ0v) is 11.1. The Balaban J connectivity index is 2.96. The van der Waals surface area contributed by atoms with E-state index in [-0.39, 0.29) is 11.4 Å². The standard InChI is InChI=1S/C10H12BrN3O4/c1-2-9(10(15)13-12)18-8-4-6(11)3-7(5-8)14(16)17/h3-5,9H,2,12H2,1H3,(H,13,15). The minimum Gasteiger partial charge on any atom is -0.480 e. The van der Waals surface area contributed by atoms with Crippen LogP contribution in [0.5, 0.6) is 5.75 Å². The molecule has 0 heterocycles. The third-order valence-corrected chi connectivity index (χ3v) is 2.61. The highest BCUT2D eigenvalue weighted by molar-refractivity contribution is 9.10. The van der Waals surface area contributed by atoms with Gasteiger partial charge in [-0.25, -0.2) is 5.84 Å². The first-order chi connectivity index (χ1) is 8.47. The van der Waals surface area contributed by atoms with E-state index in [1.54, 1.807) is 13.0 Å². The molecule has 0 aliphatic carbocycles. The fraction of sp³-hybridized carbons (Fsp3) is 0.300. The van der Waals surface area contributed by atoms with Crippen molar-refractivity contribution in [3.8, 4) is 5.75 Å². The largest absolute Gasteiger partial charge is 0.480 e. The van der Waals surface area contributed by atoms with Gasteiger partial charge in [0.25, 0.3) is 11.6 Å². The Morgan fingerprint density at radius 2 is 2.28 bits per heavy atom. The second-order valence-electron chi connectivity index (χ2n) is 3.43. The normalized spacial score (nSPS) is 11.7. The van der Waals surface area contributed by atoms with Crippen LogP contribution in [0, 0.1) is 10.1 Å². The molecule has 98 valence electrons. The first kappa shape index (κ1) is 14.4. The average Bonchev–Trinajstić information content (AvgIpc) is 2.34. The summed E-state index contributed by atoms with van der Waals surface area (Å²) in [5.74, 6) is 4.76. The van der Waals surface area contributed by atoms with Crippen molar-refractivity contribution in [3.63, 3.8) is 0 Å². The van der Waals surface area contributed by atoms with E-state index in [4.69, 9.17) is 10.6 Å². The number of nitro benzene ring substituents is 1. The lowest BCUT2D eigenvalue weighted by Gasteiger charge is -2.15. The number of nitrogens with two attached hydrogens (primary N) is 1. The molecule has 0 aliphatic rings. The summed E-state index contributed by atoms with van der Waals surface area (Å²) in [7, 11) is 0. The highest BCUT2D eigenvalue weighted by Crippen LogP contribution is 2.27. The van der Waals surface area contributed by atoms with Crippen molar-refractivity contribution in [2.24, 2.45) is 5.84 Å². The summed E-state index contributed by atoms with van der Waals surface area (Å²) in [5.41, 5.74) is 1.86. The van der Waals surface area contributed by atoms with Gasteiger partial charge in [0.1, 0.15) is 5.75 Å². The van der Waals surface area contributed by atoms with Gasteiger partial charge in [-0.3, -0.25) is 20.3 Å². The quantitative estimate of drug-likeness (QED) is 0.370. The maximum atomic E-state index is 11.3. The molecule has 0 fully saturated rings. The van der Waals surface area contributed by atoms with E-state index >= 15 is 0 Å². The summed E-state index contributed by atoms with van der Waals surface area (Å²) < 4.78 is 5.86. The summed E-state index contributed by atoms with van der Waals surface area (Å²) in [6.07, 6.45) is -0.396. The van der Waals surface area contributed by atoms with Gasteiger partial charge < -0.3 is 4.74 Å². The number of carbonyl (C=O) groups excluding carboxylic acids is 1. The summed E-state index contributed by atoms with van der Waals surface area (Å²) in [6, 6.07) is 4.13. The number of nitrogens with one attached hydrogen (secondary N) is 1. The van der Waals surface area contributed by atoms with Gasteiger partial charge in [-0.15, -0.1) is 0 Å². The summed E-state index contributed by atoms with van der Waals surface area (Å²) in [4.78, 5) is 21.5. The van der Waals surface area contributed by atoms with Gasteiger partial charge >= 0.3 is 0 Å². The van der Waals surface area contributed by atoms with Gasteiger partial charge in [-0.05, 0) is 12.5 Å². The molecule has 3 N–H and O–H groups in total. The number of rotatable bonds is 5. The predicted molar refractivity (Wildman–Crippen MR) is 67.8 cm³/mol. The van der Waals surface area contributed by atoms with Crippen LogP contribution in [0.1, 0.15) is 13.3 Å². The summed E-state index contributed by atoms with van der Waals surface area (Å²) in [6.45, 7) is 1.74. The second-order valence-corrected chi connectivity index (χ2v) is 4.34. The van der Waals surface area contributed by atoms with Crippen molar-refractivity contribution >= 4 is 27.5 Å². The first-order valence-corrected chi connectivity index (χ1v) is 5.89. The van der Waals surface area contributed by atoms with Crippen molar-refractivity contribution in [3.05, 3.63) is 32.8 Å². The van der Waals surface area contributed by atoms with E-state index in [1.807, 2.05) is 5.43 Å². The van der Waals surface area contributed by atoms with E-state index in [1.165, 1.54) is 12.1 Å². The van der Waals surface area contributed by atoms with E-state index in [0.29, 0.717) is 10.9 Å². The maximum absolute atomic E-state index is 11.3. The van der Waals surface area contributed by atoms with Crippen molar-refractivity contribution in [2.45, 2.75) is 19.4 Å². The van der Waals surface area contributed by atoms with Gasteiger partial charge in [0.2, 0.25) is 0 Å². The summed E-state index contributed by atoms with van der Waals surface area (Å²) in [5, 5.41) is 10.7. The van der Waals surface area contributed by atoms with E-state index in [9.17, 15) is 14.9 Å². The number of hydrogen-bond donors (Lipinski definition) is 2. The highest BCUT2D eigenvalue weighted by atomic mass is 79.9. The Morgan fingerprint density at radius 3 is 2.78 bits per heavy atom. The average molecular weight is 318 g/mol. The molecule has 1 atom stereocenters. The molecule has 7 nitrogen and oxygen atoms in total. The van der Waals surface area contributed by atoms with Gasteiger partial charge in [0.05, 0.1) is 11.0 Å². The number of hydrazine groups is 1. The predicted octanol–water partition coefficient (Wildman–Crippen LogP) is 1.50. The van der Waals surface area contributed by atoms with Crippen LogP contribution in [0.25, 0.3) is 0 Å². The van der Waals surface area contributed by atoms with Crippen LogP contribution >= 0.6 is 15.9 Å². The Bertz CT molecular complexity index is 466. The van der Waals surface area contributed by atoms with Crippen LogP contribution in [0.15, 0.2) is 22.7 Å². The van der Waals surface area contributed by atoms with Gasteiger partial charge in [0.15, 0.2) is 6.10 Å². The molecule has 0 spiro atoms. The molecule has 1 aromatic rings. The SMILES string of the molecule is CCC(Oc1cc(Br)cc([N+](=O)[O-])c1)C(=O)NN. The number of non-ortho nitro benzene ring substituents is 1. The molecule has 0 saturated carbocycles. The van der Waals surface area contributed by atoms with E-state index in [0.717, 1.165) is 0 Å². The minimum absolute atomic E-state index is 0.123. The number of carbonyl (C=O) groups is 1. The number of benzene rings is 1. The minimum atomic E-state index is -0.788. The zero-order chi connectivity index (χ0) is 13.7. The number of hydrogen-bond acceptors (Lipinski definition) is 5. The van der Waals surface area contributed by atoms with Crippen molar-refractivity contribution in [1.82, 2.24) is 5.43 Å². The molecule has 1 aromatic carbocycles. The van der Waals surface area contributed by atoms with E-state index in [2.05, 4.69) is 15.9 Å². The number of nitrogens with zero attached hydrogens (tertiary/aromatic N) is 1. The zero-order valence-electron chi connectivity index (χ0n) is 9.55. The molecule has 1 rings (SSSR count). The number of amides is 1. The molecular weight excluding hydrogens is 306 g/mol. The number of nitro groups is 1. The molecule has 1 amide bonds.